The average Bonchev–Trinajstić information content (AvgIpc) is 2.50. The fourth-order valence-electron chi connectivity index (χ4n) is 2.81. The Kier molecular flexibility index (Phi) is 5.44. The lowest BCUT2D eigenvalue weighted by molar-refractivity contribution is -0.135. The molecule has 1 aliphatic rings. The van der Waals surface area contributed by atoms with E-state index in [-0.39, 0.29) is 17.9 Å². The lowest BCUT2D eigenvalue weighted by Gasteiger charge is -2.34. The van der Waals surface area contributed by atoms with E-state index in [4.69, 9.17) is 0 Å². The Hall–Kier alpha value is -1.85. The first-order chi connectivity index (χ1) is 10.8. The Labute approximate surface area is 139 Å². The van der Waals surface area contributed by atoms with Gasteiger partial charge in [0.15, 0.2) is 0 Å². The van der Waals surface area contributed by atoms with Crippen molar-refractivity contribution in [1.82, 2.24) is 14.9 Å². The van der Waals surface area contributed by atoms with Gasteiger partial charge >= 0.3 is 0 Å². The van der Waals surface area contributed by atoms with E-state index in [1.807, 2.05) is 51.6 Å². The lowest BCUT2D eigenvalue weighted by atomic mass is 10.0. The van der Waals surface area contributed by atoms with Crippen molar-refractivity contribution in [2.24, 2.45) is 5.92 Å². The molecule has 1 saturated heterocycles. The first kappa shape index (κ1) is 17.5. The van der Waals surface area contributed by atoms with Crippen LogP contribution in [0.5, 0.6) is 0 Å². The number of aryl methyl sites for hydroxylation is 1. The summed E-state index contributed by atoms with van der Waals surface area (Å²) in [6.07, 6.45) is 2.08. The molecule has 128 valence electrons. The van der Waals surface area contributed by atoms with Gasteiger partial charge in [0.1, 0.15) is 5.82 Å². The van der Waals surface area contributed by atoms with Crippen LogP contribution >= 0.6 is 0 Å². The Morgan fingerprint density at radius 3 is 2.61 bits per heavy atom. The molecule has 2 rings (SSSR count). The van der Waals surface area contributed by atoms with Gasteiger partial charge in [0.2, 0.25) is 11.9 Å². The average molecular weight is 319 g/mol. The summed E-state index contributed by atoms with van der Waals surface area (Å²) >= 11 is 0. The number of amides is 1. The second-order valence-corrected chi connectivity index (χ2v) is 6.90. The van der Waals surface area contributed by atoms with Crippen LogP contribution in [0.3, 0.4) is 0 Å². The highest BCUT2D eigenvalue weighted by Gasteiger charge is 2.25. The Bertz CT molecular complexity index is 570. The number of likely N-dealkylation sites (tertiary alicyclic amines) is 1. The van der Waals surface area contributed by atoms with Crippen LogP contribution in [-0.2, 0) is 4.79 Å². The van der Waals surface area contributed by atoms with Crippen molar-refractivity contribution in [3.05, 3.63) is 11.3 Å². The molecule has 0 radical (unpaired) electrons. The SMILES string of the molecule is Cc1nc(N(C)C)nc(NC2CCCN(C(=O)C(C)C)C2)c1C. The molecule has 1 N–H and O–H groups in total. The van der Waals surface area contributed by atoms with Crippen molar-refractivity contribution in [2.45, 2.75) is 46.6 Å². The van der Waals surface area contributed by atoms with E-state index >= 15 is 0 Å². The van der Waals surface area contributed by atoms with E-state index in [0.29, 0.717) is 5.95 Å². The summed E-state index contributed by atoms with van der Waals surface area (Å²) in [5, 5.41) is 3.54. The predicted octanol–water partition coefficient (Wildman–Crippen LogP) is 2.22. The third kappa shape index (κ3) is 4.12. The number of carbonyl (C=O) groups excluding carboxylic acids is 1. The number of nitrogens with one attached hydrogen (secondary N) is 1. The highest BCUT2D eigenvalue weighted by molar-refractivity contribution is 5.78. The van der Waals surface area contributed by atoms with Crippen LogP contribution < -0.4 is 10.2 Å². The van der Waals surface area contributed by atoms with Crippen LogP contribution in [0.15, 0.2) is 0 Å². The fraction of sp³-hybridized carbons (Fsp3) is 0.706. The van der Waals surface area contributed by atoms with E-state index in [1.54, 1.807) is 0 Å². The first-order valence-corrected chi connectivity index (χ1v) is 8.37. The van der Waals surface area contributed by atoms with Gasteiger partial charge in [-0.15, -0.1) is 0 Å². The summed E-state index contributed by atoms with van der Waals surface area (Å²) in [5.41, 5.74) is 2.06. The molecule has 2 heterocycles. The quantitative estimate of drug-likeness (QED) is 0.922. The molecule has 1 aromatic rings. The molecule has 1 aromatic heterocycles. The predicted molar refractivity (Wildman–Crippen MR) is 93.9 cm³/mol. The number of hydrogen-bond donors (Lipinski definition) is 1. The van der Waals surface area contributed by atoms with Gasteiger partial charge in [-0.2, -0.15) is 4.98 Å². The summed E-state index contributed by atoms with van der Waals surface area (Å²) in [6, 6.07) is 0.245. The van der Waals surface area contributed by atoms with Crippen molar-refractivity contribution in [3.8, 4) is 0 Å². The maximum absolute atomic E-state index is 12.2. The van der Waals surface area contributed by atoms with Gasteiger partial charge in [-0.3, -0.25) is 4.79 Å². The molecule has 1 unspecified atom stereocenters. The van der Waals surface area contributed by atoms with Gasteiger partial charge in [-0.05, 0) is 26.7 Å². The minimum Gasteiger partial charge on any atom is -0.365 e. The minimum atomic E-state index is 0.0529. The first-order valence-electron chi connectivity index (χ1n) is 8.37. The van der Waals surface area contributed by atoms with Crippen molar-refractivity contribution in [3.63, 3.8) is 0 Å². The molecular formula is C17H29N5O. The van der Waals surface area contributed by atoms with Crippen molar-refractivity contribution in [1.29, 1.82) is 0 Å². The smallest absolute Gasteiger partial charge is 0.227 e. The molecular weight excluding hydrogens is 290 g/mol. The molecule has 0 bridgehead atoms. The number of carbonyl (C=O) groups is 1. The van der Waals surface area contributed by atoms with Crippen LogP contribution in [0, 0.1) is 19.8 Å². The molecule has 1 amide bonds. The van der Waals surface area contributed by atoms with Crippen molar-refractivity contribution < 1.29 is 4.79 Å². The molecule has 1 atom stereocenters. The standard InChI is InChI=1S/C17H29N5O/c1-11(2)16(23)22-9-7-8-14(10-22)19-15-12(3)13(4)18-17(20-15)21(5)6/h11,14H,7-10H2,1-6H3,(H,18,19,20). The number of piperidine rings is 1. The molecule has 6 heteroatoms. The van der Waals surface area contributed by atoms with Crippen LogP contribution in [0.4, 0.5) is 11.8 Å². The zero-order valence-electron chi connectivity index (χ0n) is 15.2. The maximum Gasteiger partial charge on any atom is 0.227 e. The zero-order chi connectivity index (χ0) is 17.1. The van der Waals surface area contributed by atoms with Gasteiger partial charge in [0.25, 0.3) is 0 Å². The van der Waals surface area contributed by atoms with Crippen LogP contribution in [-0.4, -0.2) is 54.0 Å². The molecule has 1 fully saturated rings. The normalized spacial score (nSPS) is 18.2. The molecule has 6 nitrogen and oxygen atoms in total. The summed E-state index contributed by atoms with van der Waals surface area (Å²) in [5.74, 6) is 1.88. The summed E-state index contributed by atoms with van der Waals surface area (Å²) in [7, 11) is 3.88. The largest absolute Gasteiger partial charge is 0.365 e. The van der Waals surface area contributed by atoms with Crippen molar-refractivity contribution >= 4 is 17.7 Å². The molecule has 0 spiro atoms. The highest BCUT2D eigenvalue weighted by atomic mass is 16.2. The topological polar surface area (TPSA) is 61.4 Å². The second-order valence-electron chi connectivity index (χ2n) is 6.90. The number of nitrogens with zero attached hydrogens (tertiary/aromatic N) is 4. The van der Waals surface area contributed by atoms with Crippen LogP contribution in [0.25, 0.3) is 0 Å². The minimum absolute atomic E-state index is 0.0529. The van der Waals surface area contributed by atoms with Crippen LogP contribution in [0.1, 0.15) is 37.9 Å². The zero-order valence-corrected chi connectivity index (χ0v) is 15.2. The summed E-state index contributed by atoms with van der Waals surface area (Å²) < 4.78 is 0. The van der Waals surface area contributed by atoms with E-state index in [0.717, 1.165) is 43.0 Å². The Morgan fingerprint density at radius 2 is 2.00 bits per heavy atom. The van der Waals surface area contributed by atoms with Gasteiger partial charge < -0.3 is 15.1 Å². The monoisotopic (exact) mass is 319 g/mol. The van der Waals surface area contributed by atoms with E-state index < -0.39 is 0 Å². The van der Waals surface area contributed by atoms with Crippen LogP contribution in [0.2, 0.25) is 0 Å². The third-order valence-corrected chi connectivity index (χ3v) is 4.35. The van der Waals surface area contributed by atoms with Crippen molar-refractivity contribution in [2.75, 3.05) is 37.4 Å². The lowest BCUT2D eigenvalue weighted by Crippen LogP contribution is -2.46. The Balaban J connectivity index is 2.14. The van der Waals surface area contributed by atoms with E-state index in [1.165, 1.54) is 0 Å². The van der Waals surface area contributed by atoms with E-state index in [9.17, 15) is 4.79 Å². The van der Waals surface area contributed by atoms with Gasteiger partial charge in [-0.1, -0.05) is 13.8 Å². The number of hydrogen-bond acceptors (Lipinski definition) is 5. The highest BCUT2D eigenvalue weighted by Crippen LogP contribution is 2.22. The van der Waals surface area contributed by atoms with Gasteiger partial charge in [0, 0.05) is 50.4 Å². The number of rotatable bonds is 4. The summed E-state index contributed by atoms with van der Waals surface area (Å²) in [6.45, 7) is 9.57. The molecule has 1 aliphatic heterocycles. The third-order valence-electron chi connectivity index (χ3n) is 4.35. The molecule has 23 heavy (non-hydrogen) atoms. The second kappa shape index (κ2) is 7.15. The fourth-order valence-corrected chi connectivity index (χ4v) is 2.81. The molecule has 0 aliphatic carbocycles. The number of aromatic nitrogens is 2. The van der Waals surface area contributed by atoms with Gasteiger partial charge in [0.05, 0.1) is 0 Å². The summed E-state index contributed by atoms with van der Waals surface area (Å²) in [4.78, 5) is 25.2. The van der Waals surface area contributed by atoms with E-state index in [2.05, 4.69) is 15.3 Å². The Morgan fingerprint density at radius 1 is 1.30 bits per heavy atom. The number of anilines is 2. The molecule has 0 saturated carbocycles. The molecule has 0 aromatic carbocycles. The maximum atomic E-state index is 12.2. The van der Waals surface area contributed by atoms with Gasteiger partial charge in [-0.25, -0.2) is 4.98 Å².